The van der Waals surface area contributed by atoms with Crippen molar-refractivity contribution in [3.63, 3.8) is 0 Å². The van der Waals surface area contributed by atoms with Crippen molar-refractivity contribution >= 4 is 26.2 Å². The highest BCUT2D eigenvalue weighted by Crippen LogP contribution is 2.11. The topological polar surface area (TPSA) is 308 Å². The van der Waals surface area contributed by atoms with E-state index in [0.717, 1.165) is 43.3 Å². The lowest BCUT2D eigenvalue weighted by Gasteiger charge is -2.16. The van der Waals surface area contributed by atoms with Crippen LogP contribution in [0.5, 0.6) is 23.0 Å². The first kappa shape index (κ1) is 53.7. The number of hydrogen-bond donors (Lipinski definition) is 4. The molecular weight excluding hydrogens is 857 g/mol. The van der Waals surface area contributed by atoms with Gasteiger partial charge < -0.3 is 66.2 Å². The molecule has 0 amide bonds. The summed E-state index contributed by atoms with van der Waals surface area (Å²) in [6, 6.07) is 4.49. The average Bonchev–Trinajstić information content (AvgIpc) is 3.21. The summed E-state index contributed by atoms with van der Waals surface area (Å²) >= 11 is 0. The number of carbonyl (C=O) groups excluding carboxylic acids is 3. The lowest BCUT2D eigenvalue weighted by atomic mass is 10.3. The Kier molecular flexibility index (Phi) is 22.9. The number of rotatable bonds is 16. The van der Waals surface area contributed by atoms with Crippen LogP contribution in [-0.4, -0.2) is 60.2 Å². The normalized spacial score (nSPS) is 10.3. The predicted molar refractivity (Wildman–Crippen MR) is 220 cm³/mol. The highest BCUT2D eigenvalue weighted by atomic mass is 28.4. The number of ether oxygens (including phenoxy) is 5. The summed E-state index contributed by atoms with van der Waals surface area (Å²) < 4.78 is 49.0. The number of carbonyl (C=O) groups is 3. The van der Waals surface area contributed by atoms with E-state index in [9.17, 15) is 33.6 Å². The van der Waals surface area contributed by atoms with Crippen LogP contribution in [0.1, 0.15) is 43.8 Å². The minimum absolute atomic E-state index is 0.0427. The molecule has 4 heterocycles. The molecule has 0 spiro atoms. The Labute approximate surface area is 359 Å². The summed E-state index contributed by atoms with van der Waals surface area (Å²) in [7, 11) is -1.60. The molecule has 63 heavy (non-hydrogen) atoms. The zero-order valence-electron chi connectivity index (χ0n) is 35.2. The fourth-order valence-corrected chi connectivity index (χ4v) is 3.92. The van der Waals surface area contributed by atoms with Gasteiger partial charge in [0.25, 0.3) is 0 Å². The van der Waals surface area contributed by atoms with Crippen LogP contribution in [0.25, 0.3) is 0 Å². The third-order valence-corrected chi connectivity index (χ3v) is 7.55. The van der Waals surface area contributed by atoms with E-state index < -0.39 is 65.2 Å². The van der Waals surface area contributed by atoms with Crippen LogP contribution in [0.3, 0.4) is 0 Å². The molecule has 0 saturated heterocycles. The summed E-state index contributed by atoms with van der Waals surface area (Å²) in [6.07, 6.45) is 3.76. The third kappa shape index (κ3) is 22.8. The standard InChI is InChI=1S/2C11H12O6.C10H10O5.C9H14O4Si/c2*1-7(2)11(14)17-6-15-4-8-3-9(12)10(13)5-16-8;1-6(2)10(13)15-4-7-3-8(11)9(12)5-14-7;1-14(2,3)13-5-7-4-8(10)9(11)6-12-7/h2*3,5,13H,1,4,6H2,2H3;3,5,12H,1,4H2,2H3;4,6,11H,5H2,1-3H3. The van der Waals surface area contributed by atoms with E-state index in [4.69, 9.17) is 56.7 Å². The van der Waals surface area contributed by atoms with Crippen LogP contribution in [-0.2, 0) is 68.9 Å². The first-order valence-corrected chi connectivity index (χ1v) is 21.3. The van der Waals surface area contributed by atoms with Gasteiger partial charge in [0, 0.05) is 41.0 Å². The highest BCUT2D eigenvalue weighted by Gasteiger charge is 2.15. The van der Waals surface area contributed by atoms with Crippen LogP contribution >= 0.6 is 0 Å². The van der Waals surface area contributed by atoms with Gasteiger partial charge in [-0.25, -0.2) is 14.4 Å². The van der Waals surface area contributed by atoms with Crippen molar-refractivity contribution in [3.8, 4) is 23.0 Å². The molecule has 0 saturated carbocycles. The quantitative estimate of drug-likeness (QED) is 0.0299. The molecule has 0 unspecified atom stereocenters. The van der Waals surface area contributed by atoms with E-state index in [2.05, 4.69) is 29.2 Å². The lowest BCUT2D eigenvalue weighted by molar-refractivity contribution is -0.153. The van der Waals surface area contributed by atoms with Gasteiger partial charge in [-0.05, 0) is 40.4 Å². The summed E-state index contributed by atoms with van der Waals surface area (Å²) in [5, 5.41) is 35.7. The maximum atomic E-state index is 11.0. The van der Waals surface area contributed by atoms with Crippen LogP contribution in [0.15, 0.2) is 123 Å². The maximum Gasteiger partial charge on any atom is 0.335 e. The Morgan fingerprint density at radius 3 is 1.03 bits per heavy atom. The monoisotopic (exact) mass is 904 g/mol. The van der Waals surface area contributed by atoms with Gasteiger partial charge >= 0.3 is 17.9 Å². The fourth-order valence-electron chi connectivity index (χ4n) is 3.35. The fraction of sp³-hybridized carbons (Fsp3) is 0.293. The van der Waals surface area contributed by atoms with Gasteiger partial charge in [0.2, 0.25) is 21.7 Å². The second kappa shape index (κ2) is 26.8. The zero-order chi connectivity index (χ0) is 47.9. The van der Waals surface area contributed by atoms with E-state index in [1.807, 2.05) is 19.6 Å². The van der Waals surface area contributed by atoms with Crippen LogP contribution < -0.4 is 21.7 Å². The van der Waals surface area contributed by atoms with E-state index in [0.29, 0.717) is 5.76 Å². The Bertz CT molecular complexity index is 2340. The van der Waals surface area contributed by atoms with E-state index in [-0.39, 0.29) is 79.8 Å². The molecule has 4 rings (SSSR count). The minimum Gasteiger partial charge on any atom is -0.502 e. The smallest absolute Gasteiger partial charge is 0.335 e. The summed E-state index contributed by atoms with van der Waals surface area (Å²) in [5.74, 6) is -2.43. The van der Waals surface area contributed by atoms with Gasteiger partial charge in [-0.1, -0.05) is 19.7 Å². The Morgan fingerprint density at radius 1 is 0.492 bits per heavy atom. The molecule has 4 N–H and O–H groups in total. The van der Waals surface area contributed by atoms with Crippen LogP contribution in [0, 0.1) is 0 Å². The molecule has 0 aliphatic heterocycles. The van der Waals surface area contributed by atoms with Gasteiger partial charge in [-0.2, -0.15) is 0 Å². The molecule has 0 atom stereocenters. The number of hydrogen-bond acceptors (Lipinski definition) is 21. The van der Waals surface area contributed by atoms with Crippen molar-refractivity contribution < 1.29 is 80.6 Å². The van der Waals surface area contributed by atoms with Crippen molar-refractivity contribution in [2.75, 3.05) is 13.6 Å². The first-order chi connectivity index (χ1) is 29.4. The van der Waals surface area contributed by atoms with Crippen LogP contribution in [0.2, 0.25) is 19.6 Å². The summed E-state index contributed by atoms with van der Waals surface area (Å²) in [5.41, 5.74) is -1.35. The third-order valence-electron chi connectivity index (χ3n) is 6.54. The zero-order valence-corrected chi connectivity index (χ0v) is 36.2. The van der Waals surface area contributed by atoms with Gasteiger partial charge in [0.05, 0.1) is 6.61 Å². The second-order valence-electron chi connectivity index (χ2n) is 13.5. The van der Waals surface area contributed by atoms with E-state index >= 15 is 0 Å². The molecule has 0 bridgehead atoms. The Hall–Kier alpha value is -7.27. The number of aromatic hydroxyl groups is 4. The molecular formula is C41H48O21Si. The molecule has 0 aliphatic carbocycles. The lowest BCUT2D eigenvalue weighted by Crippen LogP contribution is -2.25. The molecule has 342 valence electrons. The van der Waals surface area contributed by atoms with Crippen molar-refractivity contribution in [1.82, 2.24) is 0 Å². The maximum absolute atomic E-state index is 11.0. The molecule has 22 heteroatoms. The SMILES string of the molecule is C=C(C)C(=O)OCOCc1cc(=O)c(O)co1.C=C(C)C(=O)OCOCc1cc(=O)c(O)co1.C=C(C)C(=O)OCc1cc(=O)c(O)co1.C[Si](C)(C)OCc1cc(=O)c(O)co1. The van der Waals surface area contributed by atoms with E-state index in [1.54, 1.807) is 0 Å². The van der Waals surface area contributed by atoms with Gasteiger partial charge in [0.1, 0.15) is 67.9 Å². The average molecular weight is 905 g/mol. The molecule has 4 aromatic heterocycles. The molecule has 0 aliphatic rings. The van der Waals surface area contributed by atoms with E-state index in [1.165, 1.54) is 26.8 Å². The summed E-state index contributed by atoms with van der Waals surface area (Å²) in [6.45, 7) is 20.4. The van der Waals surface area contributed by atoms with Crippen molar-refractivity contribution in [2.24, 2.45) is 0 Å². The molecule has 0 fully saturated rings. The second-order valence-corrected chi connectivity index (χ2v) is 18.0. The molecule has 21 nitrogen and oxygen atoms in total. The summed E-state index contributed by atoms with van der Waals surface area (Å²) in [4.78, 5) is 76.8. The first-order valence-electron chi connectivity index (χ1n) is 17.9. The molecule has 4 aromatic rings. The van der Waals surface area contributed by atoms with Gasteiger partial charge in [-0.15, -0.1) is 0 Å². The van der Waals surface area contributed by atoms with Crippen molar-refractivity contribution in [3.05, 3.63) is 150 Å². The Morgan fingerprint density at radius 2 is 0.762 bits per heavy atom. The number of esters is 3. The molecule has 0 aromatic carbocycles. The highest BCUT2D eigenvalue weighted by molar-refractivity contribution is 6.69. The van der Waals surface area contributed by atoms with Crippen molar-refractivity contribution in [2.45, 2.75) is 66.8 Å². The predicted octanol–water partition coefficient (Wildman–Crippen LogP) is 4.54. The van der Waals surface area contributed by atoms with Gasteiger partial charge in [-0.3, -0.25) is 19.2 Å². The van der Waals surface area contributed by atoms with Gasteiger partial charge in [0.15, 0.2) is 44.9 Å². The van der Waals surface area contributed by atoms with Crippen molar-refractivity contribution in [1.29, 1.82) is 0 Å². The largest absolute Gasteiger partial charge is 0.502 e. The van der Waals surface area contributed by atoms with Crippen LogP contribution in [0.4, 0.5) is 0 Å². The Balaban J connectivity index is 0.000000421. The molecule has 0 radical (unpaired) electrons. The minimum atomic E-state index is -1.60.